The Morgan fingerprint density at radius 2 is 2.00 bits per heavy atom. The van der Waals surface area contributed by atoms with Crippen LogP contribution in [0.2, 0.25) is 5.02 Å². The standard InChI is InChI=1S/C23H29ClN6O2S/c24-15-10-25-20(26-11-15)17-9-16-8-14(17)12-30(16)22-27-18-4-1-2-7-33(32)19(18)21(28-22)29-23(13-31)5-3-6-23/h10-11,14,16-17,31H,1-9,12-13H2,(H,27,28,29)/t14?,16?,17?,33-/m0/s1. The molecule has 0 aromatic carbocycles. The Morgan fingerprint density at radius 3 is 2.67 bits per heavy atom. The van der Waals surface area contributed by atoms with E-state index >= 15 is 0 Å². The van der Waals surface area contributed by atoms with E-state index in [1.807, 2.05) is 0 Å². The SMILES string of the molecule is O=[S@]1CCCCc2nc(N3CC4CC3CC4c3ncc(Cl)cn3)nc(NC3(CO)CCC3)c21. The summed E-state index contributed by atoms with van der Waals surface area (Å²) in [7, 11) is -1.12. The zero-order chi connectivity index (χ0) is 22.6. The molecule has 1 saturated heterocycles. The van der Waals surface area contributed by atoms with Gasteiger partial charge in [-0.2, -0.15) is 4.98 Å². The number of fused-ring (bicyclic) bond motifs is 3. The molecule has 2 bridgehead atoms. The number of hydrogen-bond donors (Lipinski definition) is 2. The van der Waals surface area contributed by atoms with Crippen LogP contribution in [0.3, 0.4) is 0 Å². The number of aliphatic hydroxyl groups excluding tert-OH is 1. The molecule has 0 amide bonds. The molecule has 8 nitrogen and oxygen atoms in total. The van der Waals surface area contributed by atoms with Crippen molar-refractivity contribution in [2.24, 2.45) is 5.92 Å². The molecule has 6 rings (SSSR count). The maximum Gasteiger partial charge on any atom is 0.227 e. The molecule has 33 heavy (non-hydrogen) atoms. The van der Waals surface area contributed by atoms with Gasteiger partial charge in [0.1, 0.15) is 16.5 Å². The molecule has 176 valence electrons. The first-order valence-corrected chi connectivity index (χ1v) is 13.7. The molecular weight excluding hydrogens is 460 g/mol. The van der Waals surface area contributed by atoms with Gasteiger partial charge in [0.25, 0.3) is 0 Å². The molecule has 10 heteroatoms. The lowest BCUT2D eigenvalue weighted by molar-refractivity contribution is 0.143. The highest BCUT2D eigenvalue weighted by atomic mass is 35.5. The number of halogens is 1. The van der Waals surface area contributed by atoms with Crippen LogP contribution < -0.4 is 10.2 Å². The normalized spacial score (nSPS) is 29.9. The molecule has 2 aliphatic heterocycles. The van der Waals surface area contributed by atoms with E-state index in [-0.39, 0.29) is 12.1 Å². The highest BCUT2D eigenvalue weighted by molar-refractivity contribution is 7.85. The monoisotopic (exact) mass is 488 g/mol. The fraction of sp³-hybridized carbons (Fsp3) is 0.652. The summed E-state index contributed by atoms with van der Waals surface area (Å²) in [5, 5.41) is 14.1. The molecule has 4 heterocycles. The zero-order valence-corrected chi connectivity index (χ0v) is 20.1. The number of piperidine rings is 1. The Labute approximate surface area is 201 Å². The maximum atomic E-state index is 13.1. The van der Waals surface area contributed by atoms with Gasteiger partial charge in [-0.1, -0.05) is 11.6 Å². The summed E-state index contributed by atoms with van der Waals surface area (Å²) >= 11 is 5.97. The number of nitrogens with zero attached hydrogens (tertiary/aromatic N) is 5. The van der Waals surface area contributed by atoms with E-state index in [1.165, 1.54) is 0 Å². The van der Waals surface area contributed by atoms with Crippen molar-refractivity contribution in [3.8, 4) is 0 Å². The van der Waals surface area contributed by atoms with Crippen molar-refractivity contribution in [2.75, 3.05) is 29.1 Å². The minimum absolute atomic E-state index is 0.0604. The van der Waals surface area contributed by atoms with Crippen molar-refractivity contribution in [1.82, 2.24) is 19.9 Å². The van der Waals surface area contributed by atoms with Crippen LogP contribution in [0.4, 0.5) is 11.8 Å². The van der Waals surface area contributed by atoms with E-state index in [4.69, 9.17) is 21.6 Å². The van der Waals surface area contributed by atoms with Crippen molar-refractivity contribution >= 4 is 34.2 Å². The van der Waals surface area contributed by atoms with Gasteiger partial charge >= 0.3 is 0 Å². The quantitative estimate of drug-likeness (QED) is 0.661. The van der Waals surface area contributed by atoms with Crippen LogP contribution in [0.15, 0.2) is 17.3 Å². The summed E-state index contributed by atoms with van der Waals surface area (Å²) in [4.78, 5) is 21.9. The van der Waals surface area contributed by atoms with Crippen LogP contribution in [-0.2, 0) is 17.2 Å². The zero-order valence-electron chi connectivity index (χ0n) is 18.5. The van der Waals surface area contributed by atoms with E-state index in [0.717, 1.165) is 80.3 Å². The van der Waals surface area contributed by atoms with Crippen molar-refractivity contribution in [3.05, 3.63) is 28.9 Å². The smallest absolute Gasteiger partial charge is 0.227 e. The lowest BCUT2D eigenvalue weighted by atomic mass is 9.77. The Hall–Kier alpha value is -1.84. The third-order valence-corrected chi connectivity index (χ3v) is 9.65. The van der Waals surface area contributed by atoms with E-state index in [0.29, 0.717) is 34.5 Å². The third-order valence-electron chi connectivity index (χ3n) is 7.91. The Bertz CT molecular complexity index is 1070. The van der Waals surface area contributed by atoms with Crippen molar-refractivity contribution in [2.45, 2.75) is 73.8 Å². The summed E-state index contributed by atoms with van der Waals surface area (Å²) in [6.07, 6.45) is 11.0. The third kappa shape index (κ3) is 3.82. The molecular formula is C23H29ClN6O2S. The minimum Gasteiger partial charge on any atom is -0.394 e. The molecule has 2 saturated carbocycles. The largest absolute Gasteiger partial charge is 0.394 e. The topological polar surface area (TPSA) is 104 Å². The second-order valence-corrected chi connectivity index (χ2v) is 11.9. The van der Waals surface area contributed by atoms with Gasteiger partial charge in [0.2, 0.25) is 5.95 Å². The average Bonchev–Trinajstić information content (AvgIpc) is 3.35. The number of anilines is 2. The Balaban J connectivity index is 1.31. The Kier molecular flexibility index (Phi) is 5.54. The predicted octanol–water partition coefficient (Wildman–Crippen LogP) is 3.07. The number of nitrogens with one attached hydrogen (secondary N) is 1. The molecule has 2 aliphatic carbocycles. The van der Waals surface area contributed by atoms with E-state index in [1.54, 1.807) is 12.4 Å². The first-order valence-electron chi connectivity index (χ1n) is 12.0. The maximum absolute atomic E-state index is 13.1. The van der Waals surface area contributed by atoms with Gasteiger partial charge in [0.05, 0.1) is 33.7 Å². The lowest BCUT2D eigenvalue weighted by Gasteiger charge is -2.42. The lowest BCUT2D eigenvalue weighted by Crippen LogP contribution is -2.49. The summed E-state index contributed by atoms with van der Waals surface area (Å²) in [5.41, 5.74) is 0.558. The molecule has 3 unspecified atom stereocenters. The molecule has 0 radical (unpaired) electrons. The van der Waals surface area contributed by atoms with Gasteiger partial charge < -0.3 is 15.3 Å². The van der Waals surface area contributed by atoms with Gasteiger partial charge in [0, 0.05) is 36.7 Å². The van der Waals surface area contributed by atoms with Crippen LogP contribution in [0.25, 0.3) is 0 Å². The molecule has 0 spiro atoms. The van der Waals surface area contributed by atoms with Crippen LogP contribution in [0.5, 0.6) is 0 Å². The van der Waals surface area contributed by atoms with Crippen molar-refractivity contribution in [3.63, 3.8) is 0 Å². The highest BCUT2D eigenvalue weighted by Crippen LogP contribution is 2.48. The van der Waals surface area contributed by atoms with E-state index in [9.17, 15) is 9.32 Å². The summed E-state index contributed by atoms with van der Waals surface area (Å²) in [5.74, 6) is 3.71. The fourth-order valence-electron chi connectivity index (χ4n) is 5.94. The number of aromatic nitrogens is 4. The molecule has 4 aliphatic rings. The van der Waals surface area contributed by atoms with Gasteiger partial charge in [-0.15, -0.1) is 0 Å². The van der Waals surface area contributed by atoms with Gasteiger partial charge in [-0.25, -0.2) is 15.0 Å². The van der Waals surface area contributed by atoms with E-state index in [2.05, 4.69) is 20.2 Å². The van der Waals surface area contributed by atoms with Gasteiger partial charge in [0.15, 0.2) is 0 Å². The number of aliphatic hydroxyl groups is 1. The molecule has 4 atom stereocenters. The summed E-state index contributed by atoms with van der Waals surface area (Å²) < 4.78 is 13.1. The predicted molar refractivity (Wildman–Crippen MR) is 127 cm³/mol. The van der Waals surface area contributed by atoms with Crippen LogP contribution in [0.1, 0.15) is 62.4 Å². The second kappa shape index (κ2) is 8.43. The number of rotatable bonds is 5. The summed E-state index contributed by atoms with van der Waals surface area (Å²) in [6, 6.07) is 0.344. The van der Waals surface area contributed by atoms with Crippen molar-refractivity contribution in [1.29, 1.82) is 0 Å². The number of aryl methyl sites for hydroxylation is 1. The first kappa shape index (κ1) is 21.7. The molecule has 2 aromatic rings. The molecule has 3 fully saturated rings. The van der Waals surface area contributed by atoms with Crippen LogP contribution in [-0.4, -0.2) is 59.7 Å². The second-order valence-electron chi connectivity index (χ2n) is 9.98. The number of hydrogen-bond acceptors (Lipinski definition) is 8. The highest BCUT2D eigenvalue weighted by Gasteiger charge is 2.48. The fourth-order valence-corrected chi connectivity index (χ4v) is 7.43. The first-order chi connectivity index (χ1) is 16.0. The van der Waals surface area contributed by atoms with Crippen LogP contribution in [0, 0.1) is 5.92 Å². The van der Waals surface area contributed by atoms with Crippen LogP contribution >= 0.6 is 11.6 Å². The van der Waals surface area contributed by atoms with Gasteiger partial charge in [-0.05, 0) is 57.3 Å². The molecule has 2 N–H and O–H groups in total. The average molecular weight is 489 g/mol. The van der Waals surface area contributed by atoms with E-state index < -0.39 is 10.8 Å². The Morgan fingerprint density at radius 1 is 1.18 bits per heavy atom. The molecule has 2 aromatic heterocycles. The summed E-state index contributed by atoms with van der Waals surface area (Å²) in [6.45, 7) is 0.929. The van der Waals surface area contributed by atoms with Gasteiger partial charge in [-0.3, -0.25) is 4.21 Å². The van der Waals surface area contributed by atoms with Crippen molar-refractivity contribution < 1.29 is 9.32 Å². The minimum atomic E-state index is -1.12.